The van der Waals surface area contributed by atoms with Crippen LogP contribution >= 0.6 is 0 Å². The number of nitrogens with two attached hydrogens (primary N) is 1. The molecule has 0 aliphatic heterocycles. The number of amides is 1. The molecule has 0 saturated heterocycles. The lowest BCUT2D eigenvalue weighted by molar-refractivity contribution is -0.115. The number of nitrogen functional groups attached to an aromatic ring is 1. The molecule has 0 radical (unpaired) electrons. The van der Waals surface area contributed by atoms with Crippen molar-refractivity contribution in [3.8, 4) is 5.75 Å². The van der Waals surface area contributed by atoms with Crippen LogP contribution in [0.2, 0.25) is 0 Å². The van der Waals surface area contributed by atoms with Gasteiger partial charge in [0.15, 0.2) is 0 Å². The third-order valence-corrected chi connectivity index (χ3v) is 2.71. The number of hydrogen-bond donors (Lipinski definition) is 2. The van der Waals surface area contributed by atoms with Gasteiger partial charge in [0, 0.05) is 11.8 Å². The van der Waals surface area contributed by atoms with E-state index in [-0.39, 0.29) is 5.91 Å². The van der Waals surface area contributed by atoms with Crippen molar-refractivity contribution in [3.63, 3.8) is 0 Å². The van der Waals surface area contributed by atoms with Gasteiger partial charge in [-0.25, -0.2) is 0 Å². The van der Waals surface area contributed by atoms with Crippen molar-refractivity contribution in [3.05, 3.63) is 54.1 Å². The van der Waals surface area contributed by atoms with Crippen LogP contribution in [0.4, 0.5) is 11.4 Å². The smallest absolute Gasteiger partial charge is 0.228 e. The summed E-state index contributed by atoms with van der Waals surface area (Å²) in [6.45, 7) is 0. The number of carbonyl (C=O) groups is 1. The minimum absolute atomic E-state index is 0.0886. The molecule has 0 atom stereocenters. The maximum atomic E-state index is 11.9. The number of methoxy groups -OCH3 is 1. The Bertz CT molecular complexity index is 568. The van der Waals surface area contributed by atoms with E-state index in [0.717, 1.165) is 5.56 Å². The molecule has 0 saturated carbocycles. The maximum absolute atomic E-state index is 11.9. The first-order chi connectivity index (χ1) is 9.19. The number of nitrogens with one attached hydrogen (secondary N) is 1. The topological polar surface area (TPSA) is 64.3 Å². The molecule has 4 nitrogen and oxygen atoms in total. The van der Waals surface area contributed by atoms with Crippen LogP contribution in [0.15, 0.2) is 48.5 Å². The highest BCUT2D eigenvalue weighted by molar-refractivity contribution is 5.94. The van der Waals surface area contributed by atoms with E-state index in [4.69, 9.17) is 10.5 Å². The minimum atomic E-state index is -0.0886. The molecule has 1 amide bonds. The van der Waals surface area contributed by atoms with E-state index >= 15 is 0 Å². The molecule has 4 heteroatoms. The van der Waals surface area contributed by atoms with Crippen LogP contribution in [0, 0.1) is 0 Å². The van der Waals surface area contributed by atoms with E-state index in [2.05, 4.69) is 5.32 Å². The standard InChI is InChI=1S/C15H16N2O2/c1-19-14-10-12(16)7-8-13(14)17-15(18)9-11-5-3-2-4-6-11/h2-8,10H,9,16H2,1H3,(H,17,18). The molecule has 2 rings (SSSR count). The molecule has 2 aromatic rings. The van der Waals surface area contributed by atoms with Gasteiger partial charge in [0.2, 0.25) is 5.91 Å². The molecule has 19 heavy (non-hydrogen) atoms. The zero-order chi connectivity index (χ0) is 13.7. The predicted octanol–water partition coefficient (Wildman–Crippen LogP) is 2.46. The average molecular weight is 256 g/mol. The van der Waals surface area contributed by atoms with E-state index in [1.54, 1.807) is 25.3 Å². The van der Waals surface area contributed by atoms with Gasteiger partial charge in [-0.1, -0.05) is 30.3 Å². The zero-order valence-corrected chi connectivity index (χ0v) is 10.7. The highest BCUT2D eigenvalue weighted by atomic mass is 16.5. The zero-order valence-electron chi connectivity index (χ0n) is 10.7. The summed E-state index contributed by atoms with van der Waals surface area (Å²) in [5, 5.41) is 2.82. The highest BCUT2D eigenvalue weighted by Crippen LogP contribution is 2.26. The quantitative estimate of drug-likeness (QED) is 0.826. The summed E-state index contributed by atoms with van der Waals surface area (Å²) < 4.78 is 5.18. The van der Waals surface area contributed by atoms with Crippen LogP contribution in [-0.2, 0) is 11.2 Å². The second kappa shape index (κ2) is 5.91. The molecule has 2 aromatic carbocycles. The average Bonchev–Trinajstić information content (AvgIpc) is 2.42. The second-order valence-corrected chi connectivity index (χ2v) is 4.17. The normalized spacial score (nSPS) is 9.95. The van der Waals surface area contributed by atoms with Crippen molar-refractivity contribution < 1.29 is 9.53 Å². The largest absolute Gasteiger partial charge is 0.494 e. The summed E-state index contributed by atoms with van der Waals surface area (Å²) in [6.07, 6.45) is 0.328. The van der Waals surface area contributed by atoms with Gasteiger partial charge in [0.25, 0.3) is 0 Å². The van der Waals surface area contributed by atoms with E-state index in [9.17, 15) is 4.79 Å². The fraction of sp³-hybridized carbons (Fsp3) is 0.133. The third kappa shape index (κ3) is 3.48. The lowest BCUT2D eigenvalue weighted by Gasteiger charge is -2.10. The molecule has 0 aliphatic carbocycles. The van der Waals surface area contributed by atoms with Gasteiger partial charge in [-0.2, -0.15) is 0 Å². The fourth-order valence-corrected chi connectivity index (χ4v) is 1.79. The van der Waals surface area contributed by atoms with Crippen LogP contribution in [0.5, 0.6) is 5.75 Å². The number of rotatable bonds is 4. The Kier molecular flexibility index (Phi) is 4.03. The molecule has 0 aliphatic rings. The SMILES string of the molecule is COc1cc(N)ccc1NC(=O)Cc1ccccc1. The molecule has 0 bridgehead atoms. The summed E-state index contributed by atoms with van der Waals surface area (Å²) >= 11 is 0. The van der Waals surface area contributed by atoms with Crippen LogP contribution in [-0.4, -0.2) is 13.0 Å². The number of benzene rings is 2. The Labute approximate surface area is 112 Å². The van der Waals surface area contributed by atoms with Gasteiger partial charge < -0.3 is 15.8 Å². The number of anilines is 2. The van der Waals surface area contributed by atoms with E-state index in [1.165, 1.54) is 0 Å². The monoisotopic (exact) mass is 256 g/mol. The molecule has 98 valence electrons. The summed E-state index contributed by atoms with van der Waals surface area (Å²) in [7, 11) is 1.54. The lowest BCUT2D eigenvalue weighted by atomic mass is 10.1. The van der Waals surface area contributed by atoms with Gasteiger partial charge in [-0.05, 0) is 17.7 Å². The van der Waals surface area contributed by atoms with Crippen LogP contribution in [0.3, 0.4) is 0 Å². The molecule has 3 N–H and O–H groups in total. The third-order valence-electron chi connectivity index (χ3n) is 2.71. The van der Waals surface area contributed by atoms with E-state index in [1.807, 2.05) is 30.3 Å². The Hall–Kier alpha value is -2.49. The van der Waals surface area contributed by atoms with Crippen molar-refractivity contribution in [2.75, 3.05) is 18.2 Å². The summed E-state index contributed by atoms with van der Waals surface area (Å²) in [4.78, 5) is 11.9. The number of hydrogen-bond acceptors (Lipinski definition) is 3. The Morgan fingerprint density at radius 3 is 2.63 bits per heavy atom. The van der Waals surface area contributed by atoms with E-state index in [0.29, 0.717) is 23.5 Å². The van der Waals surface area contributed by atoms with Crippen molar-refractivity contribution in [1.29, 1.82) is 0 Å². The molecule has 0 aromatic heterocycles. The number of ether oxygens (including phenoxy) is 1. The molecule has 0 heterocycles. The number of carbonyl (C=O) groups excluding carboxylic acids is 1. The molecular formula is C15H16N2O2. The Morgan fingerprint density at radius 1 is 1.21 bits per heavy atom. The van der Waals surface area contributed by atoms with Crippen molar-refractivity contribution in [1.82, 2.24) is 0 Å². The molecule has 0 unspecified atom stereocenters. The highest BCUT2D eigenvalue weighted by Gasteiger charge is 2.08. The summed E-state index contributed by atoms with van der Waals surface area (Å²) in [6, 6.07) is 14.7. The second-order valence-electron chi connectivity index (χ2n) is 4.17. The van der Waals surface area contributed by atoms with Crippen molar-refractivity contribution in [2.24, 2.45) is 0 Å². The van der Waals surface area contributed by atoms with Gasteiger partial charge in [0.05, 0.1) is 19.2 Å². The summed E-state index contributed by atoms with van der Waals surface area (Å²) in [5.74, 6) is 0.468. The first kappa shape index (κ1) is 13.0. The van der Waals surface area contributed by atoms with Gasteiger partial charge in [-0.15, -0.1) is 0 Å². The van der Waals surface area contributed by atoms with Gasteiger partial charge in [-0.3, -0.25) is 4.79 Å². The van der Waals surface area contributed by atoms with Crippen molar-refractivity contribution in [2.45, 2.75) is 6.42 Å². The predicted molar refractivity (Wildman–Crippen MR) is 76.2 cm³/mol. The first-order valence-electron chi connectivity index (χ1n) is 5.96. The van der Waals surface area contributed by atoms with Crippen LogP contribution < -0.4 is 15.8 Å². The first-order valence-corrected chi connectivity index (χ1v) is 5.96. The fourth-order valence-electron chi connectivity index (χ4n) is 1.79. The van der Waals surface area contributed by atoms with Gasteiger partial charge in [0.1, 0.15) is 5.75 Å². The summed E-state index contributed by atoms with van der Waals surface area (Å²) in [5.41, 5.74) is 7.85. The molecular weight excluding hydrogens is 240 g/mol. The molecule has 0 spiro atoms. The van der Waals surface area contributed by atoms with Gasteiger partial charge >= 0.3 is 0 Å². The van der Waals surface area contributed by atoms with E-state index < -0.39 is 0 Å². The van der Waals surface area contributed by atoms with Crippen molar-refractivity contribution >= 4 is 17.3 Å². The molecule has 0 fully saturated rings. The Balaban J connectivity index is 2.07. The minimum Gasteiger partial charge on any atom is -0.494 e. The Morgan fingerprint density at radius 2 is 1.95 bits per heavy atom. The van der Waals surface area contributed by atoms with Crippen LogP contribution in [0.25, 0.3) is 0 Å². The maximum Gasteiger partial charge on any atom is 0.228 e. The van der Waals surface area contributed by atoms with Crippen LogP contribution in [0.1, 0.15) is 5.56 Å². The lowest BCUT2D eigenvalue weighted by Crippen LogP contribution is -2.15.